The number of nitrogens with one attached hydrogen (secondary N) is 1. The minimum atomic E-state index is -0.593. The zero-order valence-corrected chi connectivity index (χ0v) is 18.2. The normalized spacial score (nSPS) is 12.2. The zero-order chi connectivity index (χ0) is 21.4. The van der Waals surface area contributed by atoms with Gasteiger partial charge in [-0.05, 0) is 51.0 Å². The summed E-state index contributed by atoms with van der Waals surface area (Å²) in [6.45, 7) is 7.81. The first-order valence-corrected chi connectivity index (χ1v) is 10.1. The molecule has 0 aliphatic heterocycles. The number of carbonyl (C=O) groups excluding carboxylic acids is 2. The van der Waals surface area contributed by atoms with Crippen LogP contribution in [0.25, 0.3) is 0 Å². The van der Waals surface area contributed by atoms with E-state index in [0.717, 1.165) is 5.56 Å². The van der Waals surface area contributed by atoms with E-state index in [9.17, 15) is 9.59 Å². The molecule has 1 N–H and O–H groups in total. The third-order valence-electron chi connectivity index (χ3n) is 4.24. The second-order valence-electron chi connectivity index (χ2n) is 7.92. The van der Waals surface area contributed by atoms with Gasteiger partial charge in [0.1, 0.15) is 11.8 Å². The summed E-state index contributed by atoms with van der Waals surface area (Å²) in [6, 6.07) is 15.9. The smallest absolute Gasteiger partial charge is 0.261 e. The van der Waals surface area contributed by atoms with Gasteiger partial charge in [-0.1, -0.05) is 54.9 Å². The van der Waals surface area contributed by atoms with Crippen LogP contribution in [0.3, 0.4) is 0 Å². The molecule has 5 nitrogen and oxygen atoms in total. The SMILES string of the molecule is CCC(C(=O)NC(C)(C)C)N(Cc1ccccc1)C(=O)COc1cccc(Cl)c1. The van der Waals surface area contributed by atoms with Crippen molar-refractivity contribution in [2.75, 3.05) is 6.61 Å². The molecule has 0 radical (unpaired) electrons. The van der Waals surface area contributed by atoms with Crippen molar-refractivity contribution in [3.8, 4) is 5.75 Å². The molecule has 1 unspecified atom stereocenters. The molecular formula is C23H29ClN2O3. The first-order chi connectivity index (χ1) is 13.7. The van der Waals surface area contributed by atoms with Gasteiger partial charge < -0.3 is 15.0 Å². The molecule has 0 heterocycles. The summed E-state index contributed by atoms with van der Waals surface area (Å²) < 4.78 is 5.64. The molecule has 0 bridgehead atoms. The highest BCUT2D eigenvalue weighted by atomic mass is 35.5. The van der Waals surface area contributed by atoms with Crippen LogP contribution in [0.5, 0.6) is 5.75 Å². The Morgan fingerprint density at radius 1 is 1.10 bits per heavy atom. The summed E-state index contributed by atoms with van der Waals surface area (Å²) >= 11 is 5.98. The highest BCUT2D eigenvalue weighted by Crippen LogP contribution is 2.18. The van der Waals surface area contributed by atoms with Crippen molar-refractivity contribution in [2.45, 2.75) is 52.2 Å². The lowest BCUT2D eigenvalue weighted by Crippen LogP contribution is -2.54. The van der Waals surface area contributed by atoms with Crippen LogP contribution in [0.2, 0.25) is 5.02 Å². The second kappa shape index (κ2) is 10.3. The van der Waals surface area contributed by atoms with Gasteiger partial charge in [-0.25, -0.2) is 0 Å². The fourth-order valence-corrected chi connectivity index (χ4v) is 3.12. The van der Waals surface area contributed by atoms with Gasteiger partial charge in [0.05, 0.1) is 0 Å². The predicted octanol–water partition coefficient (Wildman–Crippen LogP) is 4.44. The summed E-state index contributed by atoms with van der Waals surface area (Å²) in [6.07, 6.45) is 0.498. The number of ether oxygens (including phenoxy) is 1. The van der Waals surface area contributed by atoms with Gasteiger partial charge in [-0.3, -0.25) is 9.59 Å². The second-order valence-corrected chi connectivity index (χ2v) is 8.35. The Hall–Kier alpha value is -2.53. The van der Waals surface area contributed by atoms with Crippen LogP contribution >= 0.6 is 11.6 Å². The van der Waals surface area contributed by atoms with Crippen LogP contribution in [0.1, 0.15) is 39.7 Å². The lowest BCUT2D eigenvalue weighted by Gasteiger charge is -2.33. The molecule has 2 amide bonds. The standard InChI is InChI=1S/C23H29ClN2O3/c1-5-20(22(28)25-23(2,3)4)26(15-17-10-7-6-8-11-17)21(27)16-29-19-13-9-12-18(24)14-19/h6-14,20H,5,15-16H2,1-4H3,(H,25,28). The molecule has 2 aromatic rings. The third kappa shape index (κ3) is 7.42. The summed E-state index contributed by atoms with van der Waals surface area (Å²) in [5.41, 5.74) is 0.564. The van der Waals surface area contributed by atoms with E-state index in [1.165, 1.54) is 0 Å². The molecule has 1 atom stereocenters. The zero-order valence-electron chi connectivity index (χ0n) is 17.4. The van der Waals surface area contributed by atoms with Gasteiger partial charge in [0.15, 0.2) is 6.61 Å². The molecule has 6 heteroatoms. The van der Waals surface area contributed by atoms with E-state index in [2.05, 4.69) is 5.32 Å². The minimum Gasteiger partial charge on any atom is -0.484 e. The molecule has 0 saturated carbocycles. The Labute approximate surface area is 178 Å². The van der Waals surface area contributed by atoms with Crippen LogP contribution in [0, 0.1) is 0 Å². The fourth-order valence-electron chi connectivity index (χ4n) is 2.94. The highest BCUT2D eigenvalue weighted by Gasteiger charge is 2.30. The Bertz CT molecular complexity index is 818. The molecule has 0 aromatic heterocycles. The van der Waals surface area contributed by atoms with Crippen LogP contribution in [0.4, 0.5) is 0 Å². The lowest BCUT2D eigenvalue weighted by atomic mass is 10.1. The number of hydrogen-bond acceptors (Lipinski definition) is 3. The quantitative estimate of drug-likeness (QED) is 0.692. The van der Waals surface area contributed by atoms with E-state index in [4.69, 9.17) is 16.3 Å². The largest absolute Gasteiger partial charge is 0.484 e. The Morgan fingerprint density at radius 2 is 1.79 bits per heavy atom. The van der Waals surface area contributed by atoms with Gasteiger partial charge >= 0.3 is 0 Å². The van der Waals surface area contributed by atoms with Crippen LogP contribution < -0.4 is 10.1 Å². The molecule has 0 spiro atoms. The van der Waals surface area contributed by atoms with E-state index in [-0.39, 0.29) is 24.0 Å². The van der Waals surface area contributed by atoms with Gasteiger partial charge in [-0.2, -0.15) is 0 Å². The molecule has 0 fully saturated rings. The van der Waals surface area contributed by atoms with Gasteiger partial charge in [-0.15, -0.1) is 0 Å². The molecular weight excluding hydrogens is 388 g/mol. The molecule has 0 saturated heterocycles. The van der Waals surface area contributed by atoms with Crippen LogP contribution in [0.15, 0.2) is 54.6 Å². The Kier molecular flexibility index (Phi) is 8.09. The molecule has 0 aliphatic rings. The highest BCUT2D eigenvalue weighted by molar-refractivity contribution is 6.30. The van der Waals surface area contributed by atoms with E-state index >= 15 is 0 Å². The van der Waals surface area contributed by atoms with Crippen molar-refractivity contribution in [3.05, 3.63) is 65.2 Å². The number of amides is 2. The van der Waals surface area contributed by atoms with E-state index in [1.54, 1.807) is 29.2 Å². The topological polar surface area (TPSA) is 58.6 Å². The first-order valence-electron chi connectivity index (χ1n) is 9.73. The van der Waals surface area contributed by atoms with Gasteiger partial charge in [0.2, 0.25) is 5.91 Å². The average molecular weight is 417 g/mol. The van der Waals surface area contributed by atoms with E-state index < -0.39 is 6.04 Å². The van der Waals surface area contributed by atoms with Gasteiger partial charge in [0, 0.05) is 17.1 Å². The summed E-state index contributed by atoms with van der Waals surface area (Å²) in [4.78, 5) is 27.5. The molecule has 2 aromatic carbocycles. The summed E-state index contributed by atoms with van der Waals surface area (Å²) in [7, 11) is 0. The summed E-state index contributed by atoms with van der Waals surface area (Å²) in [5.74, 6) is 0.0782. The Morgan fingerprint density at radius 3 is 2.38 bits per heavy atom. The monoisotopic (exact) mass is 416 g/mol. The van der Waals surface area contributed by atoms with Crippen molar-refractivity contribution in [1.82, 2.24) is 10.2 Å². The molecule has 29 heavy (non-hydrogen) atoms. The first kappa shape index (κ1) is 22.8. The van der Waals surface area contributed by atoms with E-state index in [0.29, 0.717) is 23.7 Å². The number of rotatable bonds is 8. The van der Waals surface area contributed by atoms with Crippen molar-refractivity contribution in [3.63, 3.8) is 0 Å². The fraction of sp³-hybridized carbons (Fsp3) is 0.391. The number of carbonyl (C=O) groups is 2. The number of hydrogen-bond donors (Lipinski definition) is 1. The predicted molar refractivity (Wildman–Crippen MR) is 116 cm³/mol. The number of halogens is 1. The van der Waals surface area contributed by atoms with E-state index in [1.807, 2.05) is 58.0 Å². The number of nitrogens with zero attached hydrogens (tertiary/aromatic N) is 1. The maximum Gasteiger partial charge on any atom is 0.261 e. The maximum atomic E-state index is 13.1. The maximum absolute atomic E-state index is 13.1. The Balaban J connectivity index is 2.20. The third-order valence-corrected chi connectivity index (χ3v) is 4.47. The van der Waals surface area contributed by atoms with Crippen molar-refractivity contribution in [2.24, 2.45) is 0 Å². The lowest BCUT2D eigenvalue weighted by molar-refractivity contribution is -0.143. The van der Waals surface area contributed by atoms with Crippen LogP contribution in [-0.4, -0.2) is 34.9 Å². The summed E-state index contributed by atoms with van der Waals surface area (Å²) in [5, 5.41) is 3.52. The van der Waals surface area contributed by atoms with Gasteiger partial charge in [0.25, 0.3) is 5.91 Å². The van der Waals surface area contributed by atoms with Crippen molar-refractivity contribution in [1.29, 1.82) is 0 Å². The van der Waals surface area contributed by atoms with Crippen LogP contribution in [-0.2, 0) is 16.1 Å². The average Bonchev–Trinajstić information content (AvgIpc) is 2.65. The molecule has 2 rings (SSSR count). The molecule has 156 valence electrons. The minimum absolute atomic E-state index is 0.174. The molecule has 0 aliphatic carbocycles. The van der Waals surface area contributed by atoms with Crippen molar-refractivity contribution >= 4 is 23.4 Å². The number of benzene rings is 2. The van der Waals surface area contributed by atoms with Crippen molar-refractivity contribution < 1.29 is 14.3 Å².